The zero-order valence-electron chi connectivity index (χ0n) is 16.8. The molecule has 2 aromatic rings. The molecule has 2 aliphatic rings. The van der Waals surface area contributed by atoms with Crippen LogP contribution in [-0.2, 0) is 10.9 Å². The van der Waals surface area contributed by atoms with Crippen molar-refractivity contribution in [3.8, 4) is 11.4 Å². The summed E-state index contributed by atoms with van der Waals surface area (Å²) < 4.78 is 47.7. The molecule has 2 unspecified atom stereocenters. The van der Waals surface area contributed by atoms with Gasteiger partial charge in [0.2, 0.25) is 5.82 Å². The summed E-state index contributed by atoms with van der Waals surface area (Å²) in [5, 5.41) is 3.37. The second-order valence-electron chi connectivity index (χ2n) is 8.50. The highest BCUT2D eigenvalue weighted by molar-refractivity contribution is 5.70. The fourth-order valence-electron chi connectivity index (χ4n) is 3.86. The maximum atomic E-state index is 12.6. The smallest absolute Gasteiger partial charge is 0.444 e. The van der Waals surface area contributed by atoms with Gasteiger partial charge in [-0.15, -0.1) is 0 Å². The maximum absolute atomic E-state index is 12.6. The lowest BCUT2D eigenvalue weighted by atomic mass is 10.1. The van der Waals surface area contributed by atoms with E-state index in [1.807, 2.05) is 25.7 Å². The van der Waals surface area contributed by atoms with E-state index in [0.29, 0.717) is 24.5 Å². The molecule has 0 aromatic carbocycles. The Hall–Kier alpha value is -2.85. The van der Waals surface area contributed by atoms with Crippen molar-refractivity contribution in [2.24, 2.45) is 0 Å². The molecule has 0 N–H and O–H groups in total. The molecule has 0 saturated carbocycles. The minimum absolute atomic E-state index is 0.0339. The van der Waals surface area contributed by atoms with Crippen molar-refractivity contribution in [1.29, 1.82) is 0 Å². The number of carbonyl (C=O) groups excluding carboxylic acids is 1. The van der Waals surface area contributed by atoms with Gasteiger partial charge in [0.1, 0.15) is 11.4 Å². The van der Waals surface area contributed by atoms with E-state index in [-0.39, 0.29) is 24.0 Å². The fourth-order valence-corrected chi connectivity index (χ4v) is 3.86. The molecule has 0 radical (unpaired) electrons. The number of anilines is 1. The van der Waals surface area contributed by atoms with Crippen LogP contribution in [0.3, 0.4) is 0 Å². The number of pyridine rings is 1. The van der Waals surface area contributed by atoms with Crippen LogP contribution in [0, 0.1) is 0 Å². The van der Waals surface area contributed by atoms with Gasteiger partial charge < -0.3 is 14.2 Å². The highest BCUT2D eigenvalue weighted by atomic mass is 19.4. The first-order valence-corrected chi connectivity index (χ1v) is 9.65. The normalized spacial score (nSPS) is 21.8. The first-order chi connectivity index (χ1) is 14.0. The van der Waals surface area contributed by atoms with E-state index in [1.54, 1.807) is 12.1 Å². The second kappa shape index (κ2) is 7.13. The number of aromatic nitrogens is 3. The predicted molar refractivity (Wildman–Crippen MR) is 99.6 cm³/mol. The Morgan fingerprint density at radius 1 is 1.17 bits per heavy atom. The fraction of sp³-hybridized carbons (Fsp3) is 0.579. The van der Waals surface area contributed by atoms with Crippen LogP contribution in [0.15, 0.2) is 22.9 Å². The Balaban J connectivity index is 1.45. The number of halogens is 3. The van der Waals surface area contributed by atoms with Crippen LogP contribution in [0.2, 0.25) is 0 Å². The molecular weight excluding hydrogens is 403 g/mol. The van der Waals surface area contributed by atoms with Gasteiger partial charge >= 0.3 is 18.2 Å². The average Bonchev–Trinajstić information content (AvgIpc) is 3.24. The molecule has 30 heavy (non-hydrogen) atoms. The van der Waals surface area contributed by atoms with Crippen LogP contribution < -0.4 is 4.90 Å². The Morgan fingerprint density at radius 3 is 2.33 bits per heavy atom. The standard InChI is InChI=1S/C19H22F3N5O3/c1-18(2,3)29-17(28)27-12-5-6-13(27)10-26(9-12)14-7-4-11(8-23-14)15-24-16(30-25-15)19(20,21)22/h4,7-8,12-13H,5-6,9-10H2,1-3H3. The summed E-state index contributed by atoms with van der Waals surface area (Å²) in [7, 11) is 0. The molecule has 162 valence electrons. The van der Waals surface area contributed by atoms with E-state index in [4.69, 9.17) is 4.74 Å². The summed E-state index contributed by atoms with van der Waals surface area (Å²) in [6.45, 7) is 6.76. The number of hydrogen-bond acceptors (Lipinski definition) is 7. The van der Waals surface area contributed by atoms with Gasteiger partial charge in [-0.05, 0) is 45.7 Å². The second-order valence-corrected chi connectivity index (χ2v) is 8.50. The molecule has 1 amide bonds. The third kappa shape index (κ3) is 4.05. The largest absolute Gasteiger partial charge is 0.471 e. The van der Waals surface area contributed by atoms with Crippen LogP contribution in [0.4, 0.5) is 23.8 Å². The number of rotatable bonds is 2. The topological polar surface area (TPSA) is 84.6 Å². The van der Waals surface area contributed by atoms with Gasteiger partial charge in [0.15, 0.2) is 0 Å². The van der Waals surface area contributed by atoms with Gasteiger partial charge in [-0.1, -0.05) is 5.16 Å². The lowest BCUT2D eigenvalue weighted by Gasteiger charge is -2.41. The Bertz CT molecular complexity index is 909. The van der Waals surface area contributed by atoms with Crippen LogP contribution in [0.25, 0.3) is 11.4 Å². The number of piperazine rings is 1. The Kier molecular flexibility index (Phi) is 4.86. The number of amides is 1. The highest BCUT2D eigenvalue weighted by Crippen LogP contribution is 2.34. The van der Waals surface area contributed by atoms with Crippen molar-refractivity contribution in [2.45, 2.75) is 57.5 Å². The van der Waals surface area contributed by atoms with Crippen LogP contribution >= 0.6 is 0 Å². The molecule has 4 heterocycles. The van der Waals surface area contributed by atoms with Crippen LogP contribution in [0.1, 0.15) is 39.5 Å². The van der Waals surface area contributed by atoms with Crippen LogP contribution in [0.5, 0.6) is 0 Å². The molecule has 2 aromatic heterocycles. The van der Waals surface area contributed by atoms with Gasteiger partial charge in [-0.2, -0.15) is 18.2 Å². The summed E-state index contributed by atoms with van der Waals surface area (Å²) >= 11 is 0. The minimum atomic E-state index is -4.69. The van der Waals surface area contributed by atoms with Gasteiger partial charge in [0, 0.05) is 24.8 Å². The SMILES string of the molecule is CC(C)(C)OC(=O)N1C2CCC1CN(c1ccc(-c3noc(C(F)(F)F)n3)cn1)C2. The number of nitrogens with zero attached hydrogens (tertiary/aromatic N) is 5. The van der Waals surface area contributed by atoms with Gasteiger partial charge in [-0.3, -0.25) is 4.90 Å². The summed E-state index contributed by atoms with van der Waals surface area (Å²) in [6, 6.07) is 3.38. The molecule has 4 rings (SSSR count). The number of hydrogen-bond donors (Lipinski definition) is 0. The van der Waals surface area contributed by atoms with Crippen molar-refractivity contribution < 1.29 is 27.2 Å². The third-order valence-corrected chi connectivity index (χ3v) is 5.09. The average molecular weight is 425 g/mol. The molecule has 0 spiro atoms. The van der Waals surface area contributed by atoms with Crippen molar-refractivity contribution in [3.63, 3.8) is 0 Å². The van der Waals surface area contributed by atoms with E-state index >= 15 is 0 Å². The summed E-state index contributed by atoms with van der Waals surface area (Å²) in [4.78, 5) is 24.2. The molecule has 2 bridgehead atoms. The summed E-state index contributed by atoms with van der Waals surface area (Å²) in [5.41, 5.74) is -0.222. The number of alkyl halides is 3. The number of ether oxygens (including phenoxy) is 1. The zero-order chi connectivity index (χ0) is 21.7. The van der Waals surface area contributed by atoms with E-state index < -0.39 is 17.7 Å². The van der Waals surface area contributed by atoms with Crippen LogP contribution in [-0.4, -0.2) is 56.9 Å². The Morgan fingerprint density at radius 2 is 1.83 bits per heavy atom. The first kappa shape index (κ1) is 20.4. The molecule has 8 nitrogen and oxygen atoms in total. The molecule has 2 saturated heterocycles. The predicted octanol–water partition coefficient (Wildman–Crippen LogP) is 3.74. The monoisotopic (exact) mass is 425 g/mol. The van der Waals surface area contributed by atoms with Crippen molar-refractivity contribution in [2.75, 3.05) is 18.0 Å². The summed E-state index contributed by atoms with van der Waals surface area (Å²) in [5.74, 6) is -0.883. The molecule has 2 atom stereocenters. The third-order valence-electron chi connectivity index (χ3n) is 5.09. The Labute approximate surface area is 171 Å². The van der Waals surface area contributed by atoms with Gasteiger partial charge in [-0.25, -0.2) is 9.78 Å². The molecule has 0 aliphatic carbocycles. The quantitative estimate of drug-likeness (QED) is 0.725. The molecule has 2 fully saturated rings. The van der Waals surface area contributed by atoms with Crippen molar-refractivity contribution in [1.82, 2.24) is 20.0 Å². The van der Waals surface area contributed by atoms with Crippen molar-refractivity contribution in [3.05, 3.63) is 24.2 Å². The lowest BCUT2D eigenvalue weighted by Crippen LogP contribution is -2.57. The minimum Gasteiger partial charge on any atom is -0.444 e. The number of fused-ring (bicyclic) bond motifs is 2. The highest BCUT2D eigenvalue weighted by Gasteiger charge is 2.44. The maximum Gasteiger partial charge on any atom is 0.471 e. The molecule has 11 heteroatoms. The van der Waals surface area contributed by atoms with E-state index in [2.05, 4.69) is 24.5 Å². The van der Waals surface area contributed by atoms with E-state index in [9.17, 15) is 18.0 Å². The molecular formula is C19H22F3N5O3. The molecule has 2 aliphatic heterocycles. The van der Waals surface area contributed by atoms with E-state index in [1.165, 1.54) is 6.20 Å². The van der Waals surface area contributed by atoms with Crippen molar-refractivity contribution >= 4 is 11.9 Å². The van der Waals surface area contributed by atoms with E-state index in [0.717, 1.165) is 12.8 Å². The number of carbonyl (C=O) groups is 1. The lowest BCUT2D eigenvalue weighted by molar-refractivity contribution is -0.159. The summed E-state index contributed by atoms with van der Waals surface area (Å²) in [6.07, 6.45) is -1.78. The van der Waals surface area contributed by atoms with Gasteiger partial charge in [0.25, 0.3) is 0 Å². The zero-order valence-corrected chi connectivity index (χ0v) is 16.8. The van der Waals surface area contributed by atoms with Gasteiger partial charge in [0.05, 0.1) is 12.1 Å². The first-order valence-electron chi connectivity index (χ1n) is 9.65.